The smallest absolute Gasteiger partial charge is 0.380 e. The van der Waals surface area contributed by atoms with E-state index in [1.807, 2.05) is 54.7 Å². The van der Waals surface area contributed by atoms with Gasteiger partial charge in [-0.1, -0.05) is 56.3 Å². The number of hydrogen-bond donors (Lipinski definition) is 1. The first-order valence-corrected chi connectivity index (χ1v) is 14.5. The highest BCUT2D eigenvalue weighted by molar-refractivity contribution is 5.96. The van der Waals surface area contributed by atoms with E-state index in [-0.39, 0.29) is 17.2 Å². The molecule has 0 aliphatic rings. The van der Waals surface area contributed by atoms with Crippen molar-refractivity contribution in [3.63, 3.8) is 0 Å². The third-order valence-corrected chi connectivity index (χ3v) is 7.61. The van der Waals surface area contributed by atoms with E-state index >= 15 is 0 Å². The van der Waals surface area contributed by atoms with E-state index in [9.17, 15) is 27.2 Å². The lowest BCUT2D eigenvalue weighted by Gasteiger charge is -2.23. The molecular formula is C35H40F4N2O2. The molecule has 0 bridgehead atoms. The maximum absolute atomic E-state index is 13.5. The molecule has 1 atom stereocenters. The Morgan fingerprint density at radius 1 is 1.02 bits per heavy atom. The summed E-state index contributed by atoms with van der Waals surface area (Å²) in [6.07, 6.45) is 1.40. The van der Waals surface area contributed by atoms with Gasteiger partial charge in [0.15, 0.2) is 5.78 Å². The molecule has 8 heteroatoms. The number of aryl methyl sites for hydroxylation is 1. The largest absolute Gasteiger partial charge is 0.405 e. The number of amides is 1. The van der Waals surface area contributed by atoms with E-state index in [0.717, 1.165) is 48.9 Å². The molecular weight excluding hydrogens is 556 g/mol. The normalized spacial score (nSPS) is 12.7. The lowest BCUT2D eigenvalue weighted by Crippen LogP contribution is -2.37. The van der Waals surface area contributed by atoms with Gasteiger partial charge in [-0.2, -0.15) is 13.2 Å². The van der Waals surface area contributed by atoms with E-state index in [1.165, 1.54) is 18.2 Å². The Bertz CT molecular complexity index is 1530. The van der Waals surface area contributed by atoms with Crippen molar-refractivity contribution < 1.29 is 27.2 Å². The van der Waals surface area contributed by atoms with Crippen LogP contribution in [0.4, 0.5) is 17.6 Å². The fourth-order valence-corrected chi connectivity index (χ4v) is 5.38. The number of Topliss-reactive ketones (excluding diaryl/α,β-unsaturated/α-hetero) is 1. The molecule has 0 aliphatic carbocycles. The van der Waals surface area contributed by atoms with Gasteiger partial charge < -0.3 is 10.2 Å². The van der Waals surface area contributed by atoms with Crippen molar-refractivity contribution in [3.8, 4) is 11.1 Å². The number of carbonyl (C=O) groups excluding carboxylic acids is 2. The summed E-state index contributed by atoms with van der Waals surface area (Å²) in [7, 11) is 1.92. The second kappa shape index (κ2) is 15.0. The first-order chi connectivity index (χ1) is 20.3. The Labute approximate surface area is 251 Å². The highest BCUT2D eigenvalue weighted by Gasteiger charge is 2.28. The van der Waals surface area contributed by atoms with E-state index in [4.69, 9.17) is 0 Å². The summed E-state index contributed by atoms with van der Waals surface area (Å²) in [5.41, 5.74) is 4.10. The predicted molar refractivity (Wildman–Crippen MR) is 165 cm³/mol. The van der Waals surface area contributed by atoms with Gasteiger partial charge in [-0.05, 0) is 84.7 Å². The second-order valence-electron chi connectivity index (χ2n) is 11.2. The number of rotatable bonds is 13. The maximum Gasteiger partial charge on any atom is 0.405 e. The molecule has 3 aromatic rings. The quantitative estimate of drug-likeness (QED) is 0.172. The molecule has 230 valence electrons. The van der Waals surface area contributed by atoms with Gasteiger partial charge in [-0.25, -0.2) is 4.39 Å². The molecule has 0 aliphatic heterocycles. The van der Waals surface area contributed by atoms with Crippen LogP contribution in [0.1, 0.15) is 70.9 Å². The average molecular weight is 597 g/mol. The zero-order valence-corrected chi connectivity index (χ0v) is 25.3. The highest BCUT2D eigenvalue weighted by Crippen LogP contribution is 2.25. The van der Waals surface area contributed by atoms with Crippen LogP contribution in [0.15, 0.2) is 54.6 Å². The molecule has 0 fully saturated rings. The van der Waals surface area contributed by atoms with E-state index in [0.29, 0.717) is 33.9 Å². The summed E-state index contributed by atoms with van der Waals surface area (Å²) in [5.74, 6) is -0.645. The van der Waals surface area contributed by atoms with Crippen molar-refractivity contribution in [1.82, 2.24) is 10.2 Å². The Kier molecular flexibility index (Phi) is 11.7. The van der Waals surface area contributed by atoms with Gasteiger partial charge in [-0.15, -0.1) is 0 Å². The fraction of sp³-hybridized carbons (Fsp3) is 0.371. The van der Waals surface area contributed by atoms with E-state index < -0.39 is 18.6 Å². The fourth-order valence-electron chi connectivity index (χ4n) is 5.38. The lowest BCUT2D eigenvalue weighted by molar-refractivity contribution is -0.123. The molecule has 4 nitrogen and oxygen atoms in total. The zero-order valence-electron chi connectivity index (χ0n) is 25.3. The molecule has 1 unspecified atom stereocenters. The number of ketones is 1. The van der Waals surface area contributed by atoms with Crippen molar-refractivity contribution in [2.24, 2.45) is 5.92 Å². The van der Waals surface area contributed by atoms with Crippen LogP contribution in [0.5, 0.6) is 0 Å². The second-order valence-corrected chi connectivity index (χ2v) is 11.2. The third-order valence-electron chi connectivity index (χ3n) is 7.61. The van der Waals surface area contributed by atoms with Gasteiger partial charge in [0.1, 0.15) is 12.4 Å². The topological polar surface area (TPSA) is 49.4 Å². The monoisotopic (exact) mass is 596 g/mol. The van der Waals surface area contributed by atoms with Crippen molar-refractivity contribution >= 4 is 24.5 Å². The predicted octanol–water partition coefficient (Wildman–Crippen LogP) is 6.95. The van der Waals surface area contributed by atoms with Crippen LogP contribution >= 0.6 is 0 Å². The van der Waals surface area contributed by atoms with Crippen LogP contribution in [0.2, 0.25) is 0 Å². The van der Waals surface area contributed by atoms with E-state index in [2.05, 4.69) is 13.5 Å². The number of nitrogens with zero attached hydrogens (tertiary/aromatic N) is 1. The van der Waals surface area contributed by atoms with Crippen molar-refractivity contribution in [2.45, 2.75) is 59.1 Å². The minimum absolute atomic E-state index is 0.0792. The molecule has 1 amide bonds. The number of benzene rings is 3. The maximum atomic E-state index is 13.5. The standard InChI is InChI=1S/C35H40F4N2O2/c1-6-8-26(9-7-10-33(42)28-14-12-27(13-15-28)30-18-16-29(36)19-24(30)3)20-41(5)21-32-23(2)11-17-31(25(32)4)34(43)40-22-35(37,38)39/h11-19,21,26H,2,6-10,20,22H2,1,3-5H3,(H,40,43)/b32-21+. The minimum Gasteiger partial charge on any atom is -0.380 e. The molecule has 3 rings (SSSR count). The number of nitrogens with one attached hydrogen (secondary N) is 1. The van der Waals surface area contributed by atoms with Crippen LogP contribution in [-0.4, -0.2) is 42.9 Å². The molecule has 0 saturated carbocycles. The molecule has 0 aromatic heterocycles. The molecule has 1 N–H and O–H groups in total. The van der Waals surface area contributed by atoms with Crippen LogP contribution < -0.4 is 15.8 Å². The first-order valence-electron chi connectivity index (χ1n) is 14.5. The summed E-state index contributed by atoms with van der Waals surface area (Å²) in [5, 5.41) is 3.31. The van der Waals surface area contributed by atoms with Gasteiger partial charge in [0, 0.05) is 42.6 Å². The van der Waals surface area contributed by atoms with Crippen LogP contribution in [-0.2, 0) is 0 Å². The Morgan fingerprint density at radius 2 is 1.72 bits per heavy atom. The number of hydrogen-bond acceptors (Lipinski definition) is 3. The minimum atomic E-state index is -4.49. The highest BCUT2D eigenvalue weighted by atomic mass is 19.4. The van der Waals surface area contributed by atoms with Crippen molar-refractivity contribution in [1.29, 1.82) is 0 Å². The molecule has 0 heterocycles. The Morgan fingerprint density at radius 3 is 2.35 bits per heavy atom. The van der Waals surface area contributed by atoms with Crippen LogP contribution in [0.25, 0.3) is 23.9 Å². The van der Waals surface area contributed by atoms with E-state index in [1.54, 1.807) is 19.1 Å². The van der Waals surface area contributed by atoms with Crippen LogP contribution in [0.3, 0.4) is 0 Å². The van der Waals surface area contributed by atoms with Crippen LogP contribution in [0, 0.1) is 25.6 Å². The number of halogens is 4. The average Bonchev–Trinajstić information content (AvgIpc) is 2.94. The molecule has 3 aromatic carbocycles. The summed E-state index contributed by atoms with van der Waals surface area (Å²) >= 11 is 0. The Hall–Kier alpha value is -3.94. The van der Waals surface area contributed by atoms with Crippen molar-refractivity contribution in [3.05, 3.63) is 93.1 Å². The molecule has 43 heavy (non-hydrogen) atoms. The molecule has 0 saturated heterocycles. The first kappa shape index (κ1) is 33.6. The van der Waals surface area contributed by atoms with Crippen molar-refractivity contribution in [2.75, 3.05) is 20.1 Å². The van der Waals surface area contributed by atoms with Gasteiger partial charge >= 0.3 is 6.18 Å². The Balaban J connectivity index is 1.62. The lowest BCUT2D eigenvalue weighted by atomic mass is 9.94. The van der Waals surface area contributed by atoms with Gasteiger partial charge in [0.2, 0.25) is 0 Å². The van der Waals surface area contributed by atoms with Gasteiger partial charge in [-0.3, -0.25) is 9.59 Å². The molecule has 0 spiro atoms. The summed E-state index contributed by atoms with van der Waals surface area (Å²) < 4.78 is 51.2. The van der Waals surface area contributed by atoms with Gasteiger partial charge in [0.25, 0.3) is 5.91 Å². The zero-order chi connectivity index (χ0) is 31.7. The van der Waals surface area contributed by atoms with Gasteiger partial charge in [0.05, 0.1) is 0 Å². The number of alkyl halides is 3. The third kappa shape index (κ3) is 9.80. The summed E-state index contributed by atoms with van der Waals surface area (Å²) in [6.45, 7) is 9.05. The summed E-state index contributed by atoms with van der Waals surface area (Å²) in [6, 6.07) is 15.2. The summed E-state index contributed by atoms with van der Waals surface area (Å²) in [4.78, 5) is 27.3. The number of carbonyl (C=O) groups is 2. The molecule has 0 radical (unpaired) electrons. The SMILES string of the molecule is C=c1ccc(C(=O)NCC(F)(F)F)c(C)/c1=C/N(C)CC(CCC)CCCC(=O)c1ccc(-c2ccc(F)cc2C)cc1.